The van der Waals surface area contributed by atoms with Crippen LogP contribution in [0.15, 0.2) is 26.6 Å². The number of aromatic hydroxyl groups is 1. The van der Waals surface area contributed by atoms with Crippen molar-refractivity contribution in [3.63, 3.8) is 0 Å². The molecule has 0 aromatic carbocycles. The van der Waals surface area contributed by atoms with Crippen molar-refractivity contribution in [3.05, 3.63) is 38.9 Å². The van der Waals surface area contributed by atoms with Crippen molar-refractivity contribution in [2.45, 2.75) is 6.18 Å². The van der Waals surface area contributed by atoms with Crippen LogP contribution >= 0.6 is 12.2 Å². The summed E-state index contributed by atoms with van der Waals surface area (Å²) in [5.74, 6) is -2.14. The summed E-state index contributed by atoms with van der Waals surface area (Å²) in [6.07, 6.45) is -3.18. The molecule has 0 saturated carbocycles. The van der Waals surface area contributed by atoms with E-state index in [1.165, 1.54) is 0 Å². The summed E-state index contributed by atoms with van der Waals surface area (Å²) in [4.78, 5) is 11.1. The van der Waals surface area contributed by atoms with Gasteiger partial charge in [-0.3, -0.25) is 4.79 Å². The Labute approximate surface area is 113 Å². The molecule has 0 saturated heterocycles. The number of aromatic nitrogens is 3. The summed E-state index contributed by atoms with van der Waals surface area (Å²) >= 11 is 4.60. The Hall–Kier alpha value is -2.43. The molecule has 2 aromatic rings. The molecule has 7 nitrogen and oxygen atoms in total. The highest BCUT2D eigenvalue weighted by molar-refractivity contribution is 7.71. The summed E-state index contributed by atoms with van der Waals surface area (Å²) in [6, 6.07) is 0.857. The van der Waals surface area contributed by atoms with Gasteiger partial charge in [-0.05, 0) is 12.2 Å². The van der Waals surface area contributed by atoms with Gasteiger partial charge < -0.3 is 9.52 Å². The van der Waals surface area contributed by atoms with Crippen LogP contribution in [-0.4, -0.2) is 26.2 Å². The molecule has 0 spiro atoms. The van der Waals surface area contributed by atoms with Crippen molar-refractivity contribution < 1.29 is 22.7 Å². The molecule has 106 valence electrons. The monoisotopic (exact) mass is 306 g/mol. The Morgan fingerprint density at radius 1 is 1.55 bits per heavy atom. The molecule has 2 N–H and O–H groups in total. The van der Waals surface area contributed by atoms with E-state index >= 15 is 0 Å². The summed E-state index contributed by atoms with van der Waals surface area (Å²) in [7, 11) is 0. The van der Waals surface area contributed by atoms with Gasteiger partial charge in [0.15, 0.2) is 11.5 Å². The number of nitrogens with zero attached hydrogens (tertiary/aromatic N) is 3. The van der Waals surface area contributed by atoms with Gasteiger partial charge in [-0.1, -0.05) is 0 Å². The highest BCUT2D eigenvalue weighted by Gasteiger charge is 2.37. The van der Waals surface area contributed by atoms with Gasteiger partial charge in [0.1, 0.15) is 6.26 Å². The lowest BCUT2D eigenvalue weighted by Gasteiger charge is -2.03. The van der Waals surface area contributed by atoms with Crippen LogP contribution in [0.1, 0.15) is 11.6 Å². The van der Waals surface area contributed by atoms with E-state index in [-0.39, 0.29) is 10.5 Å². The average molecular weight is 306 g/mol. The third kappa shape index (κ3) is 2.77. The number of hydrogen-bond donors (Lipinski definition) is 2. The van der Waals surface area contributed by atoms with Crippen LogP contribution in [0, 0.1) is 4.77 Å². The molecule has 0 unspecified atom stereocenters. The smallest absolute Gasteiger partial charge is 0.453 e. The van der Waals surface area contributed by atoms with E-state index < -0.39 is 23.2 Å². The Bertz CT molecular complexity index is 774. The van der Waals surface area contributed by atoms with Gasteiger partial charge in [0, 0.05) is 6.07 Å². The molecular weight excluding hydrogens is 301 g/mol. The van der Waals surface area contributed by atoms with Crippen molar-refractivity contribution in [2.24, 2.45) is 5.10 Å². The van der Waals surface area contributed by atoms with Crippen molar-refractivity contribution in [1.82, 2.24) is 14.9 Å². The fraction of sp³-hybridized carbons (Fsp3) is 0.111. The Morgan fingerprint density at radius 2 is 2.25 bits per heavy atom. The topological polar surface area (TPSA) is 96.4 Å². The summed E-state index contributed by atoms with van der Waals surface area (Å²) < 4.78 is 42.4. The average Bonchev–Trinajstić information content (AvgIpc) is 2.72. The third-order valence-electron chi connectivity index (χ3n) is 2.04. The van der Waals surface area contributed by atoms with Crippen LogP contribution in [0.2, 0.25) is 0 Å². The van der Waals surface area contributed by atoms with Crippen LogP contribution in [0.4, 0.5) is 13.2 Å². The van der Waals surface area contributed by atoms with E-state index in [1.807, 2.05) is 5.10 Å². The standard InChI is InChI=1S/C9H5F3N4O3S/c10-9(11,12)7-14-15-8(20)16(7)13-2-4-1-5(17)6(18)3-19-4/h1-3,18H,(H,15,20). The zero-order chi connectivity index (χ0) is 14.9. The number of aromatic amines is 1. The Kier molecular flexibility index (Phi) is 3.44. The van der Waals surface area contributed by atoms with Gasteiger partial charge in [-0.2, -0.15) is 22.9 Å². The Morgan fingerprint density at radius 3 is 2.85 bits per heavy atom. The van der Waals surface area contributed by atoms with Gasteiger partial charge in [-0.15, -0.1) is 5.10 Å². The maximum atomic E-state index is 12.6. The maximum Gasteiger partial charge on any atom is 0.453 e. The second kappa shape index (κ2) is 4.92. The molecule has 0 atom stereocenters. The molecule has 0 bridgehead atoms. The molecule has 0 fully saturated rings. The number of halogens is 3. The zero-order valence-electron chi connectivity index (χ0n) is 9.38. The largest absolute Gasteiger partial charge is 0.502 e. The van der Waals surface area contributed by atoms with Gasteiger partial charge in [0.2, 0.25) is 10.2 Å². The molecule has 0 aliphatic rings. The summed E-state index contributed by atoms with van der Waals surface area (Å²) in [6.45, 7) is 0. The molecule has 20 heavy (non-hydrogen) atoms. The number of hydrogen-bond acceptors (Lipinski definition) is 6. The molecule has 2 heterocycles. The van der Waals surface area contributed by atoms with E-state index in [4.69, 9.17) is 9.52 Å². The van der Waals surface area contributed by atoms with Crippen molar-refractivity contribution in [2.75, 3.05) is 0 Å². The lowest BCUT2D eigenvalue weighted by atomic mass is 10.4. The third-order valence-corrected chi connectivity index (χ3v) is 2.30. The normalized spacial score (nSPS) is 12.2. The van der Waals surface area contributed by atoms with E-state index in [1.54, 1.807) is 0 Å². The highest BCUT2D eigenvalue weighted by atomic mass is 32.1. The summed E-state index contributed by atoms with van der Waals surface area (Å²) in [5.41, 5.74) is -0.760. The fourth-order valence-electron chi connectivity index (χ4n) is 1.18. The molecule has 0 radical (unpaired) electrons. The molecule has 2 aromatic heterocycles. The van der Waals surface area contributed by atoms with Crippen LogP contribution in [0.5, 0.6) is 5.75 Å². The van der Waals surface area contributed by atoms with Crippen molar-refractivity contribution in [3.8, 4) is 5.75 Å². The van der Waals surface area contributed by atoms with Crippen LogP contribution in [0.25, 0.3) is 0 Å². The van der Waals surface area contributed by atoms with E-state index in [9.17, 15) is 18.0 Å². The lowest BCUT2D eigenvalue weighted by Crippen LogP contribution is -2.13. The molecule has 0 amide bonds. The zero-order valence-corrected chi connectivity index (χ0v) is 10.2. The molecule has 0 aliphatic heterocycles. The molecule has 2 rings (SSSR count). The van der Waals surface area contributed by atoms with Gasteiger partial charge in [-0.25, -0.2) is 5.10 Å². The lowest BCUT2D eigenvalue weighted by molar-refractivity contribution is -0.147. The minimum atomic E-state index is -4.75. The minimum absolute atomic E-state index is 0.163. The number of H-pyrrole nitrogens is 1. The molecular formula is C9H5F3N4O3S. The number of nitrogens with one attached hydrogen (secondary N) is 1. The number of rotatable bonds is 2. The minimum Gasteiger partial charge on any atom is -0.502 e. The quantitative estimate of drug-likeness (QED) is 0.647. The van der Waals surface area contributed by atoms with E-state index in [0.29, 0.717) is 4.68 Å². The molecule has 0 aliphatic carbocycles. The highest BCUT2D eigenvalue weighted by Crippen LogP contribution is 2.27. The molecule has 11 heteroatoms. The predicted molar refractivity (Wildman–Crippen MR) is 62.0 cm³/mol. The first-order chi connectivity index (χ1) is 9.29. The Balaban J connectivity index is 2.42. The predicted octanol–water partition coefficient (Wildman–Crippen LogP) is 1.50. The van der Waals surface area contributed by atoms with Crippen LogP contribution in [0.3, 0.4) is 0 Å². The van der Waals surface area contributed by atoms with Crippen molar-refractivity contribution in [1.29, 1.82) is 0 Å². The second-order valence-electron chi connectivity index (χ2n) is 3.44. The SMILES string of the molecule is O=c1cc(C=Nn2c(C(F)(F)F)n[nH]c2=S)occ1O. The fourth-order valence-corrected chi connectivity index (χ4v) is 1.36. The first-order valence-electron chi connectivity index (χ1n) is 4.90. The number of alkyl halides is 3. The first kappa shape index (κ1) is 14.0. The second-order valence-corrected chi connectivity index (χ2v) is 3.83. The van der Waals surface area contributed by atoms with Crippen LogP contribution < -0.4 is 5.43 Å². The van der Waals surface area contributed by atoms with E-state index in [0.717, 1.165) is 18.5 Å². The maximum absolute atomic E-state index is 12.6. The van der Waals surface area contributed by atoms with Crippen molar-refractivity contribution >= 4 is 18.4 Å². The first-order valence-corrected chi connectivity index (χ1v) is 5.30. The van der Waals surface area contributed by atoms with E-state index in [2.05, 4.69) is 22.4 Å². The van der Waals surface area contributed by atoms with Gasteiger partial charge >= 0.3 is 6.18 Å². The summed E-state index contributed by atoms with van der Waals surface area (Å²) in [5, 5.41) is 17.3. The van der Waals surface area contributed by atoms with Gasteiger partial charge in [0.25, 0.3) is 5.82 Å². The van der Waals surface area contributed by atoms with Gasteiger partial charge in [0.05, 0.1) is 6.21 Å². The van der Waals surface area contributed by atoms with Crippen LogP contribution in [-0.2, 0) is 6.18 Å².